The molecule has 3 rings (SSSR count). The molecule has 0 radical (unpaired) electrons. The average molecular weight is 435 g/mol. The summed E-state index contributed by atoms with van der Waals surface area (Å²) in [7, 11) is 1.41. The van der Waals surface area contributed by atoms with Crippen molar-refractivity contribution in [1.82, 2.24) is 0 Å². The number of halogens is 1. The van der Waals surface area contributed by atoms with Crippen molar-refractivity contribution in [2.24, 2.45) is 17.8 Å². The Morgan fingerprint density at radius 1 is 1.39 bits per heavy atom. The smallest absolute Gasteiger partial charge is 0.305 e. The molecule has 1 aliphatic carbocycles. The third-order valence-electron chi connectivity index (χ3n) is 6.74. The van der Waals surface area contributed by atoms with Crippen LogP contribution in [0.4, 0.5) is 4.39 Å². The van der Waals surface area contributed by atoms with Crippen LogP contribution in [-0.2, 0) is 20.7 Å². The number of hydrogen-bond acceptors (Lipinski definition) is 5. The zero-order valence-electron chi connectivity index (χ0n) is 18.3. The van der Waals surface area contributed by atoms with Gasteiger partial charge in [-0.2, -0.15) is 0 Å². The summed E-state index contributed by atoms with van der Waals surface area (Å²) in [5.41, 5.74) is 0.865. The summed E-state index contributed by atoms with van der Waals surface area (Å²) in [4.78, 5) is 11.3. The second-order valence-corrected chi connectivity index (χ2v) is 8.95. The minimum atomic E-state index is -0.632. The molecule has 0 amide bonds. The number of rotatable bonds is 9. The van der Waals surface area contributed by atoms with Crippen molar-refractivity contribution in [3.63, 3.8) is 0 Å². The van der Waals surface area contributed by atoms with E-state index in [2.05, 4.69) is 0 Å². The van der Waals surface area contributed by atoms with Crippen molar-refractivity contribution >= 4 is 5.97 Å². The quantitative estimate of drug-likeness (QED) is 0.457. The standard InChI is InChI=1S/C25H35FO5/c1-30-25(29)7-3-5-18-9-12-22-21(23(28)15-24(22)31-16-18)13-11-20(27)10-8-17-4-2-6-19(26)14-17/h2,4,6,11,13-14,18,20-24,27-28H,3,5,7-10,12,15-16H2,1H3/b13-11+/t18-,20-,21+,22+,23+,24-/m0/s1. The van der Waals surface area contributed by atoms with Crippen LogP contribution >= 0.6 is 0 Å². The van der Waals surface area contributed by atoms with Gasteiger partial charge in [-0.1, -0.05) is 24.3 Å². The Hall–Kier alpha value is -1.76. The van der Waals surface area contributed by atoms with Gasteiger partial charge in [-0.05, 0) is 68.1 Å². The van der Waals surface area contributed by atoms with Crippen molar-refractivity contribution in [2.75, 3.05) is 13.7 Å². The highest BCUT2D eigenvalue weighted by atomic mass is 19.1. The number of ether oxygens (including phenoxy) is 2. The van der Waals surface area contributed by atoms with Gasteiger partial charge in [0.1, 0.15) is 5.82 Å². The van der Waals surface area contributed by atoms with E-state index < -0.39 is 12.2 Å². The lowest BCUT2D eigenvalue weighted by Crippen LogP contribution is -2.21. The number of esters is 1. The fraction of sp³-hybridized carbons (Fsp3) is 0.640. The summed E-state index contributed by atoms with van der Waals surface area (Å²) in [6.07, 6.45) is 8.57. The molecule has 0 bridgehead atoms. The number of methoxy groups -OCH3 is 1. The van der Waals surface area contributed by atoms with Crippen molar-refractivity contribution in [3.05, 3.63) is 47.8 Å². The van der Waals surface area contributed by atoms with E-state index in [0.717, 1.165) is 31.2 Å². The first kappa shape index (κ1) is 23.9. The number of carbonyl (C=O) groups excluding carboxylic acids is 1. The molecule has 1 aliphatic heterocycles. The monoisotopic (exact) mass is 434 g/mol. The average Bonchev–Trinajstić information content (AvgIpc) is 2.92. The zero-order chi connectivity index (χ0) is 22.2. The van der Waals surface area contributed by atoms with E-state index in [1.165, 1.54) is 19.2 Å². The van der Waals surface area contributed by atoms with Crippen LogP contribution in [0, 0.1) is 23.6 Å². The summed E-state index contributed by atoms with van der Waals surface area (Å²) >= 11 is 0. The van der Waals surface area contributed by atoms with Gasteiger partial charge in [-0.3, -0.25) is 4.79 Å². The first-order valence-corrected chi connectivity index (χ1v) is 11.4. The van der Waals surface area contributed by atoms with Gasteiger partial charge in [0.25, 0.3) is 0 Å². The van der Waals surface area contributed by atoms with E-state index in [4.69, 9.17) is 9.47 Å². The van der Waals surface area contributed by atoms with Crippen LogP contribution in [0.25, 0.3) is 0 Å². The molecule has 172 valence electrons. The van der Waals surface area contributed by atoms with Crippen LogP contribution < -0.4 is 0 Å². The van der Waals surface area contributed by atoms with E-state index in [1.807, 2.05) is 12.1 Å². The van der Waals surface area contributed by atoms with Gasteiger partial charge in [-0.25, -0.2) is 4.39 Å². The SMILES string of the molecule is COC(=O)CCC[C@H]1CC[C@@H]2[C@@H](/C=C/[C@@H](O)CCc3cccc(F)c3)[C@H](O)C[C@@H]2OC1. The number of aliphatic hydroxyl groups excluding tert-OH is 2. The molecule has 2 fully saturated rings. The molecule has 2 N–H and O–H groups in total. The lowest BCUT2D eigenvalue weighted by molar-refractivity contribution is -0.140. The highest BCUT2D eigenvalue weighted by Gasteiger charge is 2.43. The van der Waals surface area contributed by atoms with Crippen molar-refractivity contribution < 1.29 is 28.9 Å². The molecule has 5 nitrogen and oxygen atoms in total. The Morgan fingerprint density at radius 2 is 2.23 bits per heavy atom. The molecule has 31 heavy (non-hydrogen) atoms. The molecule has 0 unspecified atom stereocenters. The number of fused-ring (bicyclic) bond motifs is 1. The second-order valence-electron chi connectivity index (χ2n) is 8.95. The molecule has 6 atom stereocenters. The molecule has 1 aromatic rings. The van der Waals surface area contributed by atoms with E-state index in [1.54, 1.807) is 12.1 Å². The van der Waals surface area contributed by atoms with Gasteiger partial charge in [0.15, 0.2) is 0 Å². The van der Waals surface area contributed by atoms with Crippen molar-refractivity contribution in [1.29, 1.82) is 0 Å². The maximum absolute atomic E-state index is 13.3. The Kier molecular flexibility index (Phi) is 9.05. The van der Waals surface area contributed by atoms with Crippen LogP contribution in [0.15, 0.2) is 36.4 Å². The molecular weight excluding hydrogens is 399 g/mol. The first-order chi connectivity index (χ1) is 15.0. The highest BCUT2D eigenvalue weighted by molar-refractivity contribution is 5.68. The van der Waals surface area contributed by atoms with Gasteiger partial charge in [0, 0.05) is 25.4 Å². The van der Waals surface area contributed by atoms with E-state index in [0.29, 0.717) is 38.2 Å². The summed E-state index contributed by atoms with van der Waals surface area (Å²) < 4.78 is 24.1. The third kappa shape index (κ3) is 7.13. The van der Waals surface area contributed by atoms with Crippen molar-refractivity contribution in [3.8, 4) is 0 Å². The number of carbonyl (C=O) groups is 1. The van der Waals surface area contributed by atoms with Crippen LogP contribution in [0.3, 0.4) is 0 Å². The van der Waals surface area contributed by atoms with Crippen molar-refractivity contribution in [2.45, 2.75) is 69.7 Å². The minimum Gasteiger partial charge on any atom is -0.469 e. The predicted octanol–water partition coefficient (Wildman–Crippen LogP) is 3.81. The summed E-state index contributed by atoms with van der Waals surface area (Å²) in [5, 5.41) is 20.9. The van der Waals surface area contributed by atoms with Crippen LogP contribution in [-0.4, -0.2) is 48.2 Å². The Bertz CT molecular complexity index is 736. The van der Waals surface area contributed by atoms with E-state index >= 15 is 0 Å². The van der Waals surface area contributed by atoms with Crippen LogP contribution in [0.1, 0.15) is 50.5 Å². The van der Waals surface area contributed by atoms with Crippen LogP contribution in [0.5, 0.6) is 0 Å². The molecule has 6 heteroatoms. The van der Waals surface area contributed by atoms with Gasteiger partial charge in [0.2, 0.25) is 0 Å². The number of aliphatic hydroxyl groups is 2. The van der Waals surface area contributed by atoms with E-state index in [-0.39, 0.29) is 29.7 Å². The largest absolute Gasteiger partial charge is 0.469 e. The predicted molar refractivity (Wildman–Crippen MR) is 116 cm³/mol. The molecule has 1 aromatic carbocycles. The molecular formula is C25H35FO5. The van der Waals surface area contributed by atoms with Gasteiger partial charge >= 0.3 is 5.97 Å². The molecule has 1 heterocycles. The summed E-state index contributed by atoms with van der Waals surface area (Å²) in [6.45, 7) is 0.668. The third-order valence-corrected chi connectivity index (χ3v) is 6.74. The van der Waals surface area contributed by atoms with Gasteiger partial charge in [0.05, 0.1) is 25.4 Å². The Labute approximate surface area is 184 Å². The topological polar surface area (TPSA) is 76.0 Å². The fourth-order valence-electron chi connectivity index (χ4n) is 4.94. The molecule has 0 aromatic heterocycles. The maximum atomic E-state index is 13.3. The van der Waals surface area contributed by atoms with Crippen LogP contribution in [0.2, 0.25) is 0 Å². The molecule has 1 saturated carbocycles. The van der Waals surface area contributed by atoms with Gasteiger partial charge in [-0.15, -0.1) is 0 Å². The Morgan fingerprint density at radius 3 is 3.00 bits per heavy atom. The summed E-state index contributed by atoms with van der Waals surface area (Å²) in [5.74, 6) is 0.208. The normalized spacial score (nSPS) is 29.5. The highest BCUT2D eigenvalue weighted by Crippen LogP contribution is 2.42. The number of aryl methyl sites for hydroxylation is 1. The zero-order valence-corrected chi connectivity index (χ0v) is 18.3. The second kappa shape index (κ2) is 11.7. The lowest BCUT2D eigenvalue weighted by Gasteiger charge is -2.21. The van der Waals surface area contributed by atoms with E-state index in [9.17, 15) is 19.4 Å². The maximum Gasteiger partial charge on any atom is 0.305 e. The molecule has 1 saturated heterocycles. The molecule has 2 aliphatic rings. The fourth-order valence-corrected chi connectivity index (χ4v) is 4.94. The Balaban J connectivity index is 1.48. The molecule has 0 spiro atoms. The summed E-state index contributed by atoms with van der Waals surface area (Å²) in [6, 6.07) is 6.44. The van der Waals surface area contributed by atoms with Gasteiger partial charge < -0.3 is 19.7 Å². The number of benzene rings is 1. The number of hydrogen-bond donors (Lipinski definition) is 2. The minimum absolute atomic E-state index is 0.0253. The first-order valence-electron chi connectivity index (χ1n) is 11.4. The lowest BCUT2D eigenvalue weighted by atomic mass is 9.86.